The van der Waals surface area contributed by atoms with Gasteiger partial charge in [-0.15, -0.1) is 0 Å². The number of amides is 4. The fraction of sp³-hybridized carbons (Fsp3) is 0.464. The Morgan fingerprint density at radius 1 is 0.974 bits per heavy atom. The summed E-state index contributed by atoms with van der Waals surface area (Å²) in [6, 6.07) is 8.06. The van der Waals surface area contributed by atoms with E-state index in [9.17, 15) is 29.4 Å². The van der Waals surface area contributed by atoms with Crippen LogP contribution in [0.5, 0.6) is 5.75 Å². The monoisotopic (exact) mass is 537 g/mol. The number of carbonyl (C=O) groups is 4. The van der Waals surface area contributed by atoms with E-state index in [-0.39, 0.29) is 23.8 Å². The van der Waals surface area contributed by atoms with Crippen LogP contribution < -0.4 is 21.3 Å². The van der Waals surface area contributed by atoms with Crippen molar-refractivity contribution in [2.75, 3.05) is 0 Å². The van der Waals surface area contributed by atoms with Crippen LogP contribution in [-0.4, -0.2) is 69.1 Å². The Hall–Kier alpha value is -3.99. The van der Waals surface area contributed by atoms with Gasteiger partial charge >= 0.3 is 0 Å². The highest BCUT2D eigenvalue weighted by atomic mass is 16.3. The van der Waals surface area contributed by atoms with Gasteiger partial charge in [-0.2, -0.15) is 0 Å². The van der Waals surface area contributed by atoms with E-state index in [4.69, 9.17) is 0 Å². The second-order valence-electron chi connectivity index (χ2n) is 10.4. The number of rotatable bonds is 5. The molecule has 1 aliphatic carbocycles. The molecule has 6 atom stereocenters. The fourth-order valence-electron chi connectivity index (χ4n) is 4.95. The molecule has 4 amide bonds. The molecule has 0 spiro atoms. The summed E-state index contributed by atoms with van der Waals surface area (Å²) in [4.78, 5) is 57.0. The van der Waals surface area contributed by atoms with Crippen LogP contribution in [-0.2, 0) is 20.8 Å². The van der Waals surface area contributed by atoms with Crippen LogP contribution in [0.15, 0.2) is 48.7 Å². The minimum absolute atomic E-state index is 0.0686. The van der Waals surface area contributed by atoms with Crippen molar-refractivity contribution in [3.05, 3.63) is 59.9 Å². The number of hydrogen-bond donors (Lipinski definition) is 6. The average Bonchev–Trinajstić information content (AvgIpc) is 2.89. The highest BCUT2D eigenvalue weighted by molar-refractivity contribution is 5.98. The number of benzene rings is 1. The highest BCUT2D eigenvalue weighted by Gasteiger charge is 2.41. The van der Waals surface area contributed by atoms with Crippen molar-refractivity contribution in [2.45, 2.75) is 69.8 Å². The summed E-state index contributed by atoms with van der Waals surface area (Å²) in [6.07, 6.45) is 2.73. The van der Waals surface area contributed by atoms with Crippen LogP contribution in [0, 0.1) is 11.8 Å². The third kappa shape index (κ3) is 6.54. The van der Waals surface area contributed by atoms with Gasteiger partial charge in [0.15, 0.2) is 5.69 Å². The first-order valence-corrected chi connectivity index (χ1v) is 13.2. The molecule has 1 saturated heterocycles. The van der Waals surface area contributed by atoms with Crippen LogP contribution >= 0.6 is 0 Å². The summed E-state index contributed by atoms with van der Waals surface area (Å²) >= 11 is 0. The molecular formula is C28H35N5O6. The van der Waals surface area contributed by atoms with Crippen molar-refractivity contribution in [2.24, 2.45) is 11.8 Å². The summed E-state index contributed by atoms with van der Waals surface area (Å²) in [5, 5.41) is 32.3. The van der Waals surface area contributed by atoms with E-state index >= 15 is 0 Å². The van der Waals surface area contributed by atoms with Gasteiger partial charge < -0.3 is 31.5 Å². The first kappa shape index (κ1) is 28.0. The number of carbonyl (C=O) groups excluding carboxylic acids is 4. The lowest BCUT2D eigenvalue weighted by Gasteiger charge is -2.37. The number of aromatic hydroxyl groups is 1. The number of nitrogens with one attached hydrogen (secondary N) is 4. The highest BCUT2D eigenvalue weighted by Crippen LogP contribution is 2.30. The van der Waals surface area contributed by atoms with E-state index in [1.165, 1.54) is 18.3 Å². The maximum absolute atomic E-state index is 13.6. The molecule has 2 aromatic rings. The van der Waals surface area contributed by atoms with E-state index in [0.717, 1.165) is 24.8 Å². The molecule has 4 rings (SSSR count). The van der Waals surface area contributed by atoms with Crippen LogP contribution in [0.3, 0.4) is 0 Å². The molecule has 6 N–H and O–H groups in total. The topological polar surface area (TPSA) is 170 Å². The number of hydrogen-bond acceptors (Lipinski definition) is 7. The van der Waals surface area contributed by atoms with Crippen molar-refractivity contribution in [1.82, 2.24) is 26.3 Å². The summed E-state index contributed by atoms with van der Waals surface area (Å²) < 4.78 is 0. The van der Waals surface area contributed by atoms with Crippen molar-refractivity contribution < 1.29 is 29.4 Å². The molecule has 2 fully saturated rings. The Labute approximate surface area is 226 Å². The standard InChI is InChI=1S/C28H35N5O6/c1-15-24(35)19(14-17-8-4-3-5-9-17)31-26(37)21(32-28(39)23-20(34)12-7-13-29-23)16(2)30-27(38)22(33-25(15)36)18-10-6-11-18/h3-5,7-9,12-13,15-16,18-19,21-22,24,34-35H,6,10-11,14H2,1-2H3,(H,30,38)(H,31,37)(H,32,39)(H,33,36). The van der Waals surface area contributed by atoms with Gasteiger partial charge in [0.25, 0.3) is 5.91 Å². The minimum atomic E-state index is -1.29. The van der Waals surface area contributed by atoms with E-state index < -0.39 is 59.8 Å². The number of nitrogens with zero attached hydrogens (tertiary/aromatic N) is 1. The summed E-state index contributed by atoms with van der Waals surface area (Å²) in [6.45, 7) is 3.12. The van der Waals surface area contributed by atoms with Crippen LogP contribution in [0.1, 0.15) is 49.2 Å². The molecule has 1 aromatic heterocycles. The van der Waals surface area contributed by atoms with Crippen LogP contribution in [0.2, 0.25) is 0 Å². The summed E-state index contributed by atoms with van der Waals surface area (Å²) in [5.74, 6) is -3.80. The third-order valence-electron chi connectivity index (χ3n) is 7.61. The zero-order chi connectivity index (χ0) is 28.1. The van der Waals surface area contributed by atoms with Crippen LogP contribution in [0.4, 0.5) is 0 Å². The number of pyridine rings is 1. The molecule has 6 unspecified atom stereocenters. The lowest BCUT2D eigenvalue weighted by molar-refractivity contribution is -0.137. The van der Waals surface area contributed by atoms with Gasteiger partial charge in [-0.3, -0.25) is 19.2 Å². The Kier molecular flexibility index (Phi) is 8.80. The molecule has 1 aliphatic heterocycles. The number of aliphatic hydroxyl groups is 1. The predicted octanol–water partition coefficient (Wildman–Crippen LogP) is 0.413. The largest absolute Gasteiger partial charge is 0.505 e. The lowest BCUT2D eigenvalue weighted by Crippen LogP contribution is -2.64. The number of aromatic nitrogens is 1. The van der Waals surface area contributed by atoms with Gasteiger partial charge in [-0.05, 0) is 49.8 Å². The van der Waals surface area contributed by atoms with Crippen molar-refractivity contribution in [3.63, 3.8) is 0 Å². The summed E-state index contributed by atoms with van der Waals surface area (Å²) in [5.41, 5.74) is 0.554. The Morgan fingerprint density at radius 3 is 2.33 bits per heavy atom. The summed E-state index contributed by atoms with van der Waals surface area (Å²) in [7, 11) is 0. The van der Waals surface area contributed by atoms with E-state index in [1.807, 2.05) is 30.3 Å². The second kappa shape index (κ2) is 12.2. The quantitative estimate of drug-likeness (QED) is 0.321. The zero-order valence-corrected chi connectivity index (χ0v) is 22.0. The SMILES string of the molecule is CC1NC(=O)C(C2CCC2)NC(=O)C(C)C(O)C(Cc2ccccc2)NC(=O)C1NC(=O)c1ncccc1O. The normalized spacial score (nSPS) is 28.5. The lowest BCUT2D eigenvalue weighted by atomic mass is 9.78. The molecule has 0 radical (unpaired) electrons. The third-order valence-corrected chi connectivity index (χ3v) is 7.61. The molecule has 0 bridgehead atoms. The number of aliphatic hydroxyl groups excluding tert-OH is 1. The molecule has 39 heavy (non-hydrogen) atoms. The molecule has 2 heterocycles. The van der Waals surface area contributed by atoms with Gasteiger partial charge in [0.05, 0.1) is 24.1 Å². The first-order chi connectivity index (χ1) is 18.7. The minimum Gasteiger partial charge on any atom is -0.505 e. The molecule has 1 aromatic carbocycles. The molecule has 208 valence electrons. The molecule has 1 saturated carbocycles. The van der Waals surface area contributed by atoms with Crippen LogP contribution in [0.25, 0.3) is 0 Å². The van der Waals surface area contributed by atoms with Gasteiger partial charge in [0.1, 0.15) is 17.8 Å². The van der Waals surface area contributed by atoms with Gasteiger partial charge in [-0.25, -0.2) is 4.98 Å². The van der Waals surface area contributed by atoms with Crippen molar-refractivity contribution in [3.8, 4) is 5.75 Å². The van der Waals surface area contributed by atoms with E-state index in [2.05, 4.69) is 26.3 Å². The van der Waals surface area contributed by atoms with Gasteiger partial charge in [-0.1, -0.05) is 43.7 Å². The Bertz CT molecular complexity index is 1200. The molecular weight excluding hydrogens is 502 g/mol. The van der Waals surface area contributed by atoms with Crippen molar-refractivity contribution >= 4 is 23.6 Å². The zero-order valence-electron chi connectivity index (χ0n) is 22.0. The maximum Gasteiger partial charge on any atom is 0.274 e. The van der Waals surface area contributed by atoms with Gasteiger partial charge in [0, 0.05) is 6.20 Å². The predicted molar refractivity (Wildman–Crippen MR) is 141 cm³/mol. The van der Waals surface area contributed by atoms with Crippen molar-refractivity contribution in [1.29, 1.82) is 0 Å². The Balaban J connectivity index is 1.67. The molecule has 11 heteroatoms. The van der Waals surface area contributed by atoms with Gasteiger partial charge in [0.2, 0.25) is 17.7 Å². The fourth-order valence-corrected chi connectivity index (χ4v) is 4.95. The maximum atomic E-state index is 13.6. The average molecular weight is 538 g/mol. The Morgan fingerprint density at radius 2 is 1.69 bits per heavy atom. The van der Waals surface area contributed by atoms with E-state index in [1.54, 1.807) is 13.8 Å². The second-order valence-corrected chi connectivity index (χ2v) is 10.4. The molecule has 2 aliphatic rings. The molecule has 11 nitrogen and oxygen atoms in total. The van der Waals surface area contributed by atoms with E-state index in [0.29, 0.717) is 0 Å². The first-order valence-electron chi connectivity index (χ1n) is 13.2. The smallest absolute Gasteiger partial charge is 0.274 e.